The molecule has 2 heterocycles. The van der Waals surface area contributed by atoms with Gasteiger partial charge in [-0.2, -0.15) is 13.2 Å². The summed E-state index contributed by atoms with van der Waals surface area (Å²) in [6.45, 7) is 9.04. The zero-order valence-corrected chi connectivity index (χ0v) is 21.7. The van der Waals surface area contributed by atoms with E-state index >= 15 is 0 Å². The van der Waals surface area contributed by atoms with E-state index in [2.05, 4.69) is 10.6 Å². The van der Waals surface area contributed by atoms with Crippen LogP contribution in [0.1, 0.15) is 53.9 Å². The molecule has 1 saturated carbocycles. The molecule has 6 atom stereocenters. The fourth-order valence-electron chi connectivity index (χ4n) is 5.69. The van der Waals surface area contributed by atoms with Crippen molar-refractivity contribution in [1.82, 2.24) is 20.9 Å². The van der Waals surface area contributed by atoms with Crippen LogP contribution in [-0.2, 0) is 24.0 Å². The molecule has 0 aromatic carbocycles. The van der Waals surface area contributed by atoms with Crippen molar-refractivity contribution >= 4 is 29.5 Å². The lowest BCUT2D eigenvalue weighted by atomic mass is 9.85. The van der Waals surface area contributed by atoms with Crippen LogP contribution in [0.5, 0.6) is 0 Å². The van der Waals surface area contributed by atoms with Crippen molar-refractivity contribution in [3.8, 4) is 0 Å². The second-order valence-corrected chi connectivity index (χ2v) is 12.0. The molecule has 3 aliphatic rings. The molecule has 0 bridgehead atoms. The number of piperidine rings is 2. The van der Waals surface area contributed by atoms with Gasteiger partial charge < -0.3 is 26.6 Å². The minimum Gasteiger partial charge on any atom is -0.368 e. The standard InChI is InChI=1S/C24H36F3N5O5/c1-22(2,3)16(31-21(37)24(25,26)27)20(36)32-10-12-14(23(12,4)5)15(32)19(35)30-13(17(28)33)9-11-7-6-8-29-18(11)34/h11-16H,6-10H2,1-5H3,(H2,28,33)(H,29,34)(H,30,35)(H,31,37)/t11-,12-,13-,14-,15-,16?/m0/s1. The van der Waals surface area contributed by atoms with E-state index in [0.29, 0.717) is 13.0 Å². The summed E-state index contributed by atoms with van der Waals surface area (Å²) in [7, 11) is 0. The number of carbonyl (C=O) groups is 5. The predicted octanol–water partition coefficient (Wildman–Crippen LogP) is 0.449. The van der Waals surface area contributed by atoms with Crippen LogP contribution < -0.4 is 21.7 Å². The van der Waals surface area contributed by atoms with Crippen molar-refractivity contribution in [2.45, 2.75) is 78.2 Å². The van der Waals surface area contributed by atoms with E-state index in [4.69, 9.17) is 5.73 Å². The van der Waals surface area contributed by atoms with Gasteiger partial charge in [-0.15, -0.1) is 0 Å². The van der Waals surface area contributed by atoms with Crippen LogP contribution in [0.3, 0.4) is 0 Å². The minimum absolute atomic E-state index is 0.00266. The summed E-state index contributed by atoms with van der Waals surface area (Å²) in [5, 5.41) is 7.10. The first-order chi connectivity index (χ1) is 16.9. The summed E-state index contributed by atoms with van der Waals surface area (Å²) in [6, 6.07) is -3.78. The van der Waals surface area contributed by atoms with Gasteiger partial charge in [0, 0.05) is 19.0 Å². The van der Waals surface area contributed by atoms with Gasteiger partial charge in [0.1, 0.15) is 18.1 Å². The SMILES string of the molecule is CC(C)(C)C(NC(=O)C(F)(F)F)C(=O)N1C[C@H]2[C@@H]([C@H]1C(=O)N[C@@H](C[C@@H]1CCCNC1=O)C(N)=O)C2(C)C. The molecule has 0 spiro atoms. The van der Waals surface area contributed by atoms with Gasteiger partial charge in [0.25, 0.3) is 0 Å². The Morgan fingerprint density at radius 1 is 1.16 bits per heavy atom. The summed E-state index contributed by atoms with van der Waals surface area (Å²) in [5.41, 5.74) is 4.12. The Morgan fingerprint density at radius 2 is 1.78 bits per heavy atom. The van der Waals surface area contributed by atoms with Gasteiger partial charge in [0.15, 0.2) is 0 Å². The number of alkyl halides is 3. The quantitative estimate of drug-likeness (QED) is 0.376. The molecule has 5 N–H and O–H groups in total. The number of rotatable bonds is 7. The number of hydrogen-bond donors (Lipinski definition) is 4. The third kappa shape index (κ3) is 5.85. The Bertz CT molecular complexity index is 977. The minimum atomic E-state index is -5.18. The van der Waals surface area contributed by atoms with Crippen LogP contribution >= 0.6 is 0 Å². The second-order valence-electron chi connectivity index (χ2n) is 12.0. The molecule has 5 amide bonds. The molecule has 1 aliphatic carbocycles. The smallest absolute Gasteiger partial charge is 0.368 e. The summed E-state index contributed by atoms with van der Waals surface area (Å²) >= 11 is 0. The molecule has 2 aliphatic heterocycles. The molecule has 2 saturated heterocycles. The highest BCUT2D eigenvalue weighted by atomic mass is 19.4. The van der Waals surface area contributed by atoms with Gasteiger partial charge in [-0.05, 0) is 41.9 Å². The normalized spacial score (nSPS) is 28.4. The third-order valence-corrected chi connectivity index (χ3v) is 7.99. The van der Waals surface area contributed by atoms with Crippen molar-refractivity contribution in [1.29, 1.82) is 0 Å². The van der Waals surface area contributed by atoms with Crippen LogP contribution in [0, 0.1) is 28.6 Å². The number of nitrogens with zero attached hydrogens (tertiary/aromatic N) is 1. The zero-order chi connectivity index (χ0) is 28.1. The van der Waals surface area contributed by atoms with E-state index in [0.717, 1.165) is 6.42 Å². The van der Waals surface area contributed by atoms with Crippen molar-refractivity contribution in [3.05, 3.63) is 0 Å². The van der Waals surface area contributed by atoms with Gasteiger partial charge in [-0.1, -0.05) is 34.6 Å². The van der Waals surface area contributed by atoms with Gasteiger partial charge in [-0.25, -0.2) is 0 Å². The summed E-state index contributed by atoms with van der Waals surface area (Å²) in [6.07, 6.45) is -3.94. The van der Waals surface area contributed by atoms with Crippen molar-refractivity contribution in [2.24, 2.45) is 34.3 Å². The van der Waals surface area contributed by atoms with Gasteiger partial charge >= 0.3 is 12.1 Å². The largest absolute Gasteiger partial charge is 0.471 e. The summed E-state index contributed by atoms with van der Waals surface area (Å²) in [4.78, 5) is 64.3. The predicted molar refractivity (Wildman–Crippen MR) is 125 cm³/mol. The topological polar surface area (TPSA) is 151 Å². The van der Waals surface area contributed by atoms with Crippen LogP contribution in [-0.4, -0.2) is 71.8 Å². The number of carbonyl (C=O) groups excluding carboxylic acids is 5. The van der Waals surface area contributed by atoms with Gasteiger partial charge in [0.05, 0.1) is 0 Å². The van der Waals surface area contributed by atoms with Crippen LogP contribution in [0.15, 0.2) is 0 Å². The average molecular weight is 532 g/mol. The number of nitrogens with one attached hydrogen (secondary N) is 3. The molecule has 1 unspecified atom stereocenters. The summed E-state index contributed by atoms with van der Waals surface area (Å²) < 4.78 is 38.9. The van der Waals surface area contributed by atoms with Crippen molar-refractivity contribution in [2.75, 3.05) is 13.1 Å². The van der Waals surface area contributed by atoms with E-state index in [1.807, 2.05) is 13.8 Å². The maximum Gasteiger partial charge on any atom is 0.471 e. The van der Waals surface area contributed by atoms with Gasteiger partial charge in [0.2, 0.25) is 23.6 Å². The maximum atomic E-state index is 13.5. The van der Waals surface area contributed by atoms with Crippen LogP contribution in [0.25, 0.3) is 0 Å². The number of halogens is 3. The highest BCUT2D eigenvalue weighted by Crippen LogP contribution is 2.65. The van der Waals surface area contributed by atoms with E-state index in [-0.39, 0.29) is 36.1 Å². The Hall–Kier alpha value is -2.86. The number of fused-ring (bicyclic) bond motifs is 1. The Balaban J connectivity index is 1.83. The monoisotopic (exact) mass is 531 g/mol. The number of hydrogen-bond acceptors (Lipinski definition) is 5. The highest BCUT2D eigenvalue weighted by molar-refractivity contribution is 5.96. The van der Waals surface area contributed by atoms with E-state index < -0.39 is 59.3 Å². The lowest BCUT2D eigenvalue weighted by molar-refractivity contribution is -0.176. The van der Waals surface area contributed by atoms with E-state index in [1.54, 1.807) is 5.32 Å². The molecule has 37 heavy (non-hydrogen) atoms. The number of amides is 5. The molecule has 10 nitrogen and oxygen atoms in total. The fraction of sp³-hybridized carbons (Fsp3) is 0.792. The lowest BCUT2D eigenvalue weighted by Gasteiger charge is -2.38. The number of primary amides is 1. The maximum absolute atomic E-state index is 13.5. The second kappa shape index (κ2) is 9.79. The highest BCUT2D eigenvalue weighted by Gasteiger charge is 2.70. The third-order valence-electron chi connectivity index (χ3n) is 7.99. The zero-order valence-electron chi connectivity index (χ0n) is 21.7. The Morgan fingerprint density at radius 3 is 2.30 bits per heavy atom. The molecule has 0 aromatic rings. The lowest BCUT2D eigenvalue weighted by Crippen LogP contribution is -2.61. The first-order valence-electron chi connectivity index (χ1n) is 12.4. The first-order valence-corrected chi connectivity index (χ1v) is 12.4. The Labute approximate surface area is 213 Å². The summed E-state index contributed by atoms with van der Waals surface area (Å²) in [5.74, 6) is -5.67. The number of nitrogens with two attached hydrogens (primary N) is 1. The molecule has 0 radical (unpaired) electrons. The molecule has 3 rings (SSSR count). The molecule has 3 fully saturated rings. The first kappa shape index (κ1) is 28.7. The molecule has 0 aromatic heterocycles. The van der Waals surface area contributed by atoms with E-state index in [1.165, 1.54) is 25.7 Å². The molecule has 208 valence electrons. The van der Waals surface area contributed by atoms with Gasteiger partial charge in [-0.3, -0.25) is 24.0 Å². The van der Waals surface area contributed by atoms with Crippen molar-refractivity contribution < 1.29 is 37.1 Å². The van der Waals surface area contributed by atoms with Crippen LogP contribution in [0.4, 0.5) is 13.2 Å². The van der Waals surface area contributed by atoms with Crippen LogP contribution in [0.2, 0.25) is 0 Å². The van der Waals surface area contributed by atoms with Crippen molar-refractivity contribution in [3.63, 3.8) is 0 Å². The van der Waals surface area contributed by atoms with E-state index in [9.17, 15) is 37.1 Å². The molecule has 13 heteroatoms. The molecular formula is C24H36F3N5O5. The number of likely N-dealkylation sites (tertiary alicyclic amines) is 1. The fourth-order valence-corrected chi connectivity index (χ4v) is 5.69. The molecular weight excluding hydrogens is 495 g/mol. The average Bonchev–Trinajstić information content (AvgIpc) is 3.09. The Kier molecular flexibility index (Phi) is 7.59.